The summed E-state index contributed by atoms with van der Waals surface area (Å²) in [4.78, 5) is 14.5. The van der Waals surface area contributed by atoms with Crippen LogP contribution in [0, 0.1) is 5.92 Å². The summed E-state index contributed by atoms with van der Waals surface area (Å²) in [6, 6.07) is 7.72. The van der Waals surface area contributed by atoms with Crippen LogP contribution in [0.25, 0.3) is 0 Å². The van der Waals surface area contributed by atoms with Crippen molar-refractivity contribution in [3.05, 3.63) is 29.8 Å². The summed E-state index contributed by atoms with van der Waals surface area (Å²) in [6.45, 7) is 3.03. The number of carbonyl (C=O) groups excluding carboxylic acids is 1. The number of ether oxygens (including phenoxy) is 3. The highest BCUT2D eigenvalue weighted by Gasteiger charge is 2.49. The lowest BCUT2D eigenvalue weighted by Gasteiger charge is -2.53. The smallest absolute Gasteiger partial charge is 0.227 e. The average Bonchev–Trinajstić information content (AvgIpc) is 3.18. The van der Waals surface area contributed by atoms with Gasteiger partial charge in [-0.3, -0.25) is 4.79 Å². The summed E-state index contributed by atoms with van der Waals surface area (Å²) >= 11 is 0. The minimum Gasteiger partial charge on any atom is -0.497 e. The van der Waals surface area contributed by atoms with E-state index in [1.807, 2.05) is 29.2 Å². The van der Waals surface area contributed by atoms with Crippen LogP contribution in [-0.2, 0) is 20.7 Å². The van der Waals surface area contributed by atoms with Crippen LogP contribution in [0.15, 0.2) is 24.3 Å². The summed E-state index contributed by atoms with van der Waals surface area (Å²) in [5, 5.41) is 0. The third kappa shape index (κ3) is 4.46. The molecule has 27 heavy (non-hydrogen) atoms. The van der Waals surface area contributed by atoms with Crippen LogP contribution in [0.4, 0.5) is 0 Å². The maximum atomic E-state index is 12.6. The van der Waals surface area contributed by atoms with Crippen LogP contribution in [0.2, 0.25) is 0 Å². The van der Waals surface area contributed by atoms with Gasteiger partial charge < -0.3 is 19.1 Å². The van der Waals surface area contributed by atoms with Gasteiger partial charge in [0.2, 0.25) is 5.91 Å². The number of benzene rings is 1. The first-order valence-corrected chi connectivity index (χ1v) is 10.3. The predicted molar refractivity (Wildman–Crippen MR) is 103 cm³/mol. The van der Waals surface area contributed by atoms with Crippen LogP contribution >= 0.6 is 0 Å². The van der Waals surface area contributed by atoms with Crippen molar-refractivity contribution in [3.63, 3.8) is 0 Å². The van der Waals surface area contributed by atoms with Crippen molar-refractivity contribution in [2.24, 2.45) is 5.92 Å². The summed E-state index contributed by atoms with van der Waals surface area (Å²) in [5.74, 6) is 1.70. The van der Waals surface area contributed by atoms with E-state index in [9.17, 15) is 4.79 Å². The van der Waals surface area contributed by atoms with Crippen LogP contribution in [0.5, 0.6) is 5.75 Å². The monoisotopic (exact) mass is 373 g/mol. The van der Waals surface area contributed by atoms with Gasteiger partial charge in [0.1, 0.15) is 11.4 Å². The average molecular weight is 373 g/mol. The zero-order valence-corrected chi connectivity index (χ0v) is 16.3. The van der Waals surface area contributed by atoms with Crippen molar-refractivity contribution < 1.29 is 19.0 Å². The minimum atomic E-state index is -0.178. The molecule has 1 aromatic carbocycles. The first kappa shape index (κ1) is 18.8. The molecule has 0 aromatic heterocycles. The molecule has 148 valence electrons. The normalized spacial score (nSPS) is 24.8. The minimum absolute atomic E-state index is 0.159. The molecular weight excluding hydrogens is 342 g/mol. The van der Waals surface area contributed by atoms with Gasteiger partial charge in [0.25, 0.3) is 0 Å². The zero-order chi connectivity index (χ0) is 18.7. The van der Waals surface area contributed by atoms with Gasteiger partial charge in [0, 0.05) is 19.6 Å². The van der Waals surface area contributed by atoms with E-state index in [1.54, 1.807) is 7.11 Å². The van der Waals surface area contributed by atoms with Gasteiger partial charge in [-0.25, -0.2) is 0 Å². The third-order valence-corrected chi connectivity index (χ3v) is 6.29. The number of carbonyl (C=O) groups is 1. The Labute approximate surface area is 162 Å². The maximum Gasteiger partial charge on any atom is 0.227 e. The highest BCUT2D eigenvalue weighted by molar-refractivity contribution is 5.80. The van der Waals surface area contributed by atoms with Crippen molar-refractivity contribution in [2.45, 2.75) is 56.7 Å². The van der Waals surface area contributed by atoms with E-state index in [0.717, 1.165) is 43.3 Å². The van der Waals surface area contributed by atoms with Gasteiger partial charge in [0.05, 0.1) is 32.7 Å². The van der Waals surface area contributed by atoms with E-state index in [1.165, 1.54) is 25.7 Å². The lowest BCUT2D eigenvalue weighted by molar-refractivity contribution is -0.202. The largest absolute Gasteiger partial charge is 0.497 e. The Morgan fingerprint density at radius 3 is 2.85 bits per heavy atom. The summed E-state index contributed by atoms with van der Waals surface area (Å²) in [7, 11) is 1.64. The topological polar surface area (TPSA) is 48.0 Å². The Kier molecular flexibility index (Phi) is 5.69. The predicted octanol–water partition coefficient (Wildman–Crippen LogP) is 3.20. The molecule has 1 aromatic rings. The molecule has 1 unspecified atom stereocenters. The van der Waals surface area contributed by atoms with Crippen molar-refractivity contribution in [1.29, 1.82) is 0 Å². The number of methoxy groups -OCH3 is 1. The Balaban J connectivity index is 1.25. The molecule has 5 heteroatoms. The Morgan fingerprint density at radius 2 is 2.07 bits per heavy atom. The molecule has 3 fully saturated rings. The molecule has 2 aliphatic heterocycles. The second-order valence-corrected chi connectivity index (χ2v) is 8.41. The van der Waals surface area contributed by atoms with Crippen LogP contribution in [-0.4, -0.2) is 55.9 Å². The summed E-state index contributed by atoms with van der Waals surface area (Å²) in [6.07, 6.45) is 7.95. The maximum absolute atomic E-state index is 12.6. The van der Waals surface area contributed by atoms with Crippen LogP contribution < -0.4 is 4.74 Å². The Morgan fingerprint density at radius 1 is 1.26 bits per heavy atom. The van der Waals surface area contributed by atoms with Gasteiger partial charge in [0.15, 0.2) is 0 Å². The van der Waals surface area contributed by atoms with Gasteiger partial charge in [-0.2, -0.15) is 0 Å². The first-order chi connectivity index (χ1) is 13.2. The number of hydrogen-bond acceptors (Lipinski definition) is 4. The number of hydrogen-bond donors (Lipinski definition) is 0. The lowest BCUT2D eigenvalue weighted by atomic mass is 9.84. The molecule has 1 amide bonds. The molecule has 2 heterocycles. The fourth-order valence-electron chi connectivity index (χ4n) is 4.69. The van der Waals surface area contributed by atoms with Crippen molar-refractivity contribution in [1.82, 2.24) is 4.90 Å². The van der Waals surface area contributed by atoms with Gasteiger partial charge in [-0.1, -0.05) is 25.0 Å². The van der Waals surface area contributed by atoms with E-state index < -0.39 is 0 Å². The van der Waals surface area contributed by atoms with E-state index >= 15 is 0 Å². The fourth-order valence-corrected chi connectivity index (χ4v) is 4.69. The van der Waals surface area contributed by atoms with Crippen molar-refractivity contribution in [2.75, 3.05) is 33.4 Å². The number of rotatable bonds is 6. The van der Waals surface area contributed by atoms with E-state index in [0.29, 0.717) is 19.5 Å². The third-order valence-electron chi connectivity index (χ3n) is 6.29. The van der Waals surface area contributed by atoms with E-state index in [-0.39, 0.29) is 17.6 Å². The molecule has 0 bridgehead atoms. The standard InChI is InChI=1S/C22H31NO4/c1-25-19-8-4-7-18(11-19)12-21(24)23-15-22(16-23)13-20(9-10-27-22)26-14-17-5-2-3-6-17/h4,7-8,11,17,20H,2-3,5-6,9-10,12-16H2,1H3. The molecule has 1 spiro atoms. The first-order valence-electron chi connectivity index (χ1n) is 10.3. The highest BCUT2D eigenvalue weighted by Crippen LogP contribution is 2.36. The summed E-state index contributed by atoms with van der Waals surface area (Å²) < 4.78 is 17.5. The molecular formula is C22H31NO4. The van der Waals surface area contributed by atoms with Gasteiger partial charge in [-0.05, 0) is 42.9 Å². The fraction of sp³-hybridized carbons (Fsp3) is 0.682. The van der Waals surface area contributed by atoms with Gasteiger partial charge >= 0.3 is 0 Å². The zero-order valence-electron chi connectivity index (χ0n) is 16.3. The highest BCUT2D eigenvalue weighted by atomic mass is 16.5. The number of nitrogens with zero attached hydrogens (tertiary/aromatic N) is 1. The Hall–Kier alpha value is -1.59. The summed E-state index contributed by atoms with van der Waals surface area (Å²) in [5.41, 5.74) is 0.811. The molecule has 5 nitrogen and oxygen atoms in total. The number of amides is 1. The molecule has 0 N–H and O–H groups in total. The van der Waals surface area contributed by atoms with Crippen molar-refractivity contribution in [3.8, 4) is 5.75 Å². The Bertz CT molecular complexity index is 649. The van der Waals surface area contributed by atoms with Crippen LogP contribution in [0.3, 0.4) is 0 Å². The molecule has 4 rings (SSSR count). The SMILES string of the molecule is COc1cccc(CC(=O)N2CC3(CC(OCC4CCCC4)CCO3)C2)c1. The lowest BCUT2D eigenvalue weighted by Crippen LogP contribution is -2.67. The molecule has 1 aliphatic carbocycles. The molecule has 1 saturated carbocycles. The van der Waals surface area contributed by atoms with Crippen molar-refractivity contribution >= 4 is 5.91 Å². The van der Waals surface area contributed by atoms with Gasteiger partial charge in [-0.15, -0.1) is 0 Å². The molecule has 0 radical (unpaired) electrons. The van der Waals surface area contributed by atoms with Crippen LogP contribution in [0.1, 0.15) is 44.1 Å². The molecule has 3 aliphatic rings. The second-order valence-electron chi connectivity index (χ2n) is 8.41. The quantitative estimate of drug-likeness (QED) is 0.768. The van der Waals surface area contributed by atoms with E-state index in [2.05, 4.69) is 0 Å². The molecule has 2 saturated heterocycles. The molecule has 1 atom stereocenters. The van der Waals surface area contributed by atoms with E-state index in [4.69, 9.17) is 14.2 Å². The number of likely N-dealkylation sites (tertiary alicyclic amines) is 1. The second kappa shape index (κ2) is 8.19.